The van der Waals surface area contributed by atoms with E-state index in [0.29, 0.717) is 44.2 Å². The number of urea groups is 1. The molecular formula is C14H21N5O3. The summed E-state index contributed by atoms with van der Waals surface area (Å²) in [5.74, 6) is 1.10. The molecule has 1 N–H and O–H groups in total. The second-order valence-electron chi connectivity index (χ2n) is 6.20. The van der Waals surface area contributed by atoms with E-state index in [4.69, 9.17) is 4.52 Å². The molecule has 1 atom stereocenters. The third-order valence-electron chi connectivity index (χ3n) is 4.24. The molecule has 8 heteroatoms. The highest BCUT2D eigenvalue weighted by Gasteiger charge is 2.55. The molecule has 2 aliphatic heterocycles. The molecule has 3 amide bonds. The van der Waals surface area contributed by atoms with Crippen molar-refractivity contribution < 1.29 is 14.1 Å². The Kier molecular flexibility index (Phi) is 3.64. The summed E-state index contributed by atoms with van der Waals surface area (Å²) in [5, 5.41) is 6.81. The van der Waals surface area contributed by atoms with Crippen LogP contribution in [0.3, 0.4) is 0 Å². The molecule has 1 aromatic rings. The number of carbonyl (C=O) groups is 2. The van der Waals surface area contributed by atoms with Gasteiger partial charge >= 0.3 is 6.03 Å². The lowest BCUT2D eigenvalue weighted by Gasteiger charge is -2.22. The Morgan fingerprint density at radius 1 is 1.41 bits per heavy atom. The number of rotatable bonds is 4. The quantitative estimate of drug-likeness (QED) is 0.816. The van der Waals surface area contributed by atoms with E-state index in [9.17, 15) is 9.59 Å². The molecule has 0 saturated carbocycles. The van der Waals surface area contributed by atoms with Crippen LogP contribution in [0, 0.1) is 0 Å². The van der Waals surface area contributed by atoms with Crippen LogP contribution in [-0.4, -0.2) is 56.5 Å². The number of nitrogens with one attached hydrogen (secondary N) is 1. The zero-order valence-corrected chi connectivity index (χ0v) is 13.1. The normalized spacial score (nSPS) is 25.7. The van der Waals surface area contributed by atoms with Gasteiger partial charge in [-0.25, -0.2) is 4.79 Å². The lowest BCUT2D eigenvalue weighted by Crippen LogP contribution is -2.49. The van der Waals surface area contributed by atoms with E-state index >= 15 is 0 Å². The first-order valence-corrected chi connectivity index (χ1v) is 7.65. The Balaban J connectivity index is 1.69. The Bertz CT molecular complexity index is 599. The van der Waals surface area contributed by atoms with Gasteiger partial charge in [0.1, 0.15) is 5.54 Å². The number of imide groups is 1. The first-order valence-electron chi connectivity index (χ1n) is 7.65. The van der Waals surface area contributed by atoms with Gasteiger partial charge in [0.05, 0.1) is 6.54 Å². The summed E-state index contributed by atoms with van der Waals surface area (Å²) in [5.41, 5.74) is -0.793. The number of amides is 3. The molecule has 1 aromatic heterocycles. The Labute approximate surface area is 128 Å². The fraction of sp³-hybridized carbons (Fsp3) is 0.714. The van der Waals surface area contributed by atoms with Gasteiger partial charge in [0.25, 0.3) is 5.91 Å². The summed E-state index contributed by atoms with van der Waals surface area (Å²) in [6.45, 7) is 7.36. The minimum atomic E-state index is -0.793. The average molecular weight is 307 g/mol. The fourth-order valence-corrected chi connectivity index (χ4v) is 3.11. The van der Waals surface area contributed by atoms with Crippen molar-refractivity contribution in [1.82, 2.24) is 25.3 Å². The standard InChI is InChI=1S/C14H21N5O3/c1-4-11-15-10(17-22-11)7-18-6-5-14(8-18)12(20)19(9(2)3)13(21)16-14/h9H,4-8H2,1-3H3,(H,16,21)/t14-/m0/s1. The summed E-state index contributed by atoms with van der Waals surface area (Å²) < 4.78 is 5.10. The average Bonchev–Trinajstić information content (AvgIpc) is 3.12. The highest BCUT2D eigenvalue weighted by Crippen LogP contribution is 2.30. The summed E-state index contributed by atoms with van der Waals surface area (Å²) in [6.07, 6.45) is 1.31. The smallest absolute Gasteiger partial charge is 0.325 e. The lowest BCUT2D eigenvalue weighted by atomic mass is 9.99. The number of likely N-dealkylation sites (tertiary alicyclic amines) is 1. The van der Waals surface area contributed by atoms with Gasteiger partial charge in [-0.2, -0.15) is 4.98 Å². The second-order valence-corrected chi connectivity index (χ2v) is 6.20. The zero-order valence-electron chi connectivity index (χ0n) is 13.1. The van der Waals surface area contributed by atoms with Gasteiger partial charge in [-0.05, 0) is 20.3 Å². The molecule has 0 aliphatic carbocycles. The van der Waals surface area contributed by atoms with Crippen molar-refractivity contribution in [2.24, 2.45) is 0 Å². The van der Waals surface area contributed by atoms with E-state index in [-0.39, 0.29) is 18.0 Å². The predicted molar refractivity (Wildman–Crippen MR) is 76.8 cm³/mol. The molecule has 3 heterocycles. The van der Waals surface area contributed by atoms with Gasteiger partial charge in [0, 0.05) is 25.6 Å². The number of nitrogens with zero attached hydrogens (tertiary/aromatic N) is 4. The Hall–Kier alpha value is -1.96. The number of hydrogen-bond acceptors (Lipinski definition) is 6. The molecule has 0 aromatic carbocycles. The number of aryl methyl sites for hydroxylation is 1. The van der Waals surface area contributed by atoms with Crippen LogP contribution in [0.2, 0.25) is 0 Å². The second kappa shape index (κ2) is 5.35. The predicted octanol–water partition coefficient (Wildman–Crippen LogP) is 0.537. The first-order chi connectivity index (χ1) is 10.4. The number of aromatic nitrogens is 2. The molecule has 2 saturated heterocycles. The van der Waals surface area contributed by atoms with Crippen molar-refractivity contribution in [3.63, 3.8) is 0 Å². The van der Waals surface area contributed by atoms with E-state index in [1.165, 1.54) is 4.90 Å². The molecule has 120 valence electrons. The number of carbonyl (C=O) groups excluding carboxylic acids is 2. The van der Waals surface area contributed by atoms with Gasteiger partial charge in [-0.1, -0.05) is 12.1 Å². The molecule has 2 aliphatic rings. The van der Waals surface area contributed by atoms with E-state index < -0.39 is 5.54 Å². The fourth-order valence-electron chi connectivity index (χ4n) is 3.11. The van der Waals surface area contributed by atoms with Crippen LogP contribution in [0.1, 0.15) is 38.9 Å². The zero-order chi connectivity index (χ0) is 15.9. The van der Waals surface area contributed by atoms with Crippen molar-refractivity contribution in [3.05, 3.63) is 11.7 Å². The van der Waals surface area contributed by atoms with Crippen molar-refractivity contribution in [3.8, 4) is 0 Å². The Morgan fingerprint density at radius 3 is 2.77 bits per heavy atom. The monoisotopic (exact) mass is 307 g/mol. The SMILES string of the molecule is CCc1nc(CN2CC[C@@]3(C2)NC(=O)N(C(C)C)C3=O)no1. The third-order valence-corrected chi connectivity index (χ3v) is 4.24. The largest absolute Gasteiger partial charge is 0.339 e. The van der Waals surface area contributed by atoms with E-state index in [0.717, 1.165) is 0 Å². The van der Waals surface area contributed by atoms with E-state index in [1.54, 1.807) is 0 Å². The Morgan fingerprint density at radius 2 is 2.18 bits per heavy atom. The molecule has 22 heavy (non-hydrogen) atoms. The molecular weight excluding hydrogens is 286 g/mol. The van der Waals surface area contributed by atoms with Crippen molar-refractivity contribution in [2.45, 2.75) is 51.7 Å². The van der Waals surface area contributed by atoms with Crippen molar-refractivity contribution in [2.75, 3.05) is 13.1 Å². The molecule has 1 spiro atoms. The molecule has 0 radical (unpaired) electrons. The summed E-state index contributed by atoms with van der Waals surface area (Å²) in [6, 6.07) is -0.431. The van der Waals surface area contributed by atoms with Gasteiger partial charge in [0.15, 0.2) is 5.82 Å². The van der Waals surface area contributed by atoms with Gasteiger partial charge < -0.3 is 9.84 Å². The highest BCUT2D eigenvalue weighted by molar-refractivity contribution is 6.07. The van der Waals surface area contributed by atoms with Crippen LogP contribution in [0.15, 0.2) is 4.52 Å². The summed E-state index contributed by atoms with van der Waals surface area (Å²) >= 11 is 0. The van der Waals surface area contributed by atoms with Gasteiger partial charge in [0.2, 0.25) is 5.89 Å². The summed E-state index contributed by atoms with van der Waals surface area (Å²) in [7, 11) is 0. The maximum Gasteiger partial charge on any atom is 0.325 e. The maximum absolute atomic E-state index is 12.6. The third kappa shape index (κ3) is 2.37. The van der Waals surface area contributed by atoms with Crippen LogP contribution >= 0.6 is 0 Å². The minimum Gasteiger partial charge on any atom is -0.339 e. The number of hydrogen-bond donors (Lipinski definition) is 1. The molecule has 0 bridgehead atoms. The van der Waals surface area contributed by atoms with Gasteiger partial charge in [-0.15, -0.1) is 0 Å². The first kappa shape index (κ1) is 15.0. The van der Waals surface area contributed by atoms with Crippen LogP contribution in [-0.2, 0) is 17.8 Å². The lowest BCUT2D eigenvalue weighted by molar-refractivity contribution is -0.132. The topological polar surface area (TPSA) is 91.6 Å². The van der Waals surface area contributed by atoms with Crippen molar-refractivity contribution in [1.29, 1.82) is 0 Å². The van der Waals surface area contributed by atoms with E-state index in [1.807, 2.05) is 20.8 Å². The van der Waals surface area contributed by atoms with Crippen LogP contribution in [0.5, 0.6) is 0 Å². The minimum absolute atomic E-state index is 0.127. The summed E-state index contributed by atoms with van der Waals surface area (Å²) in [4.78, 5) is 32.3. The van der Waals surface area contributed by atoms with Crippen LogP contribution < -0.4 is 5.32 Å². The van der Waals surface area contributed by atoms with Crippen LogP contribution in [0.4, 0.5) is 4.79 Å². The molecule has 3 rings (SSSR count). The molecule has 2 fully saturated rings. The molecule has 0 unspecified atom stereocenters. The van der Waals surface area contributed by atoms with E-state index in [2.05, 4.69) is 20.4 Å². The van der Waals surface area contributed by atoms with Gasteiger partial charge in [-0.3, -0.25) is 14.6 Å². The van der Waals surface area contributed by atoms with Crippen LogP contribution in [0.25, 0.3) is 0 Å². The highest BCUT2D eigenvalue weighted by atomic mass is 16.5. The van der Waals surface area contributed by atoms with Crippen molar-refractivity contribution >= 4 is 11.9 Å². The maximum atomic E-state index is 12.6. The molecule has 8 nitrogen and oxygen atoms in total.